The Balaban J connectivity index is 0. The number of hydrogen-bond donors (Lipinski definition) is 2. The van der Waals surface area contributed by atoms with Gasteiger partial charge in [-0.3, -0.25) is 9.59 Å². The van der Waals surface area contributed by atoms with Crippen molar-refractivity contribution in [1.29, 1.82) is 0 Å². The second kappa shape index (κ2) is 15.3. The van der Waals surface area contributed by atoms with Gasteiger partial charge in [-0.15, -0.1) is 24.8 Å². The summed E-state index contributed by atoms with van der Waals surface area (Å²) in [5, 5.41) is 0. The number of nitrogens with two attached hydrogens (primary N) is 2. The fourth-order valence-electron chi connectivity index (χ4n) is 3.79. The molecule has 28 heavy (non-hydrogen) atoms. The molecular weight excluding hydrogens is 403 g/mol. The van der Waals surface area contributed by atoms with Crippen LogP contribution in [0.3, 0.4) is 0 Å². The van der Waals surface area contributed by atoms with E-state index in [0.29, 0.717) is 31.8 Å². The maximum Gasteiger partial charge on any atom is 0.306 e. The minimum Gasteiger partial charge on any atom is -0.462 e. The highest BCUT2D eigenvalue weighted by atomic mass is 35.5. The molecule has 1 unspecified atom stereocenters. The molecule has 1 saturated carbocycles. The molecule has 8 heteroatoms. The molecule has 1 rings (SSSR count). The first-order chi connectivity index (χ1) is 12.3. The van der Waals surface area contributed by atoms with Crippen molar-refractivity contribution in [2.75, 3.05) is 19.7 Å². The van der Waals surface area contributed by atoms with Gasteiger partial charge >= 0.3 is 11.9 Å². The number of hydrogen-bond acceptors (Lipinski definition) is 6. The standard InChI is InChI=1S/C20H38N2O4.2ClH/c1-15(2)9-17(12-21)10-18(23)26-16(3)13-25-19(24)11-20(14-22)7-5-4-6-8-20;;/h15-17H,4-14,21-22H2,1-3H3;2*1H/t16?,17-;;/m0../s1. The van der Waals surface area contributed by atoms with Crippen LogP contribution in [0.15, 0.2) is 0 Å². The lowest BCUT2D eigenvalue weighted by molar-refractivity contribution is -0.160. The molecule has 4 N–H and O–H groups in total. The topological polar surface area (TPSA) is 105 Å². The molecule has 1 aliphatic rings. The highest BCUT2D eigenvalue weighted by Crippen LogP contribution is 2.38. The first kappa shape index (κ1) is 29.6. The van der Waals surface area contributed by atoms with Gasteiger partial charge in [-0.25, -0.2) is 0 Å². The van der Waals surface area contributed by atoms with Crippen LogP contribution >= 0.6 is 24.8 Å². The van der Waals surface area contributed by atoms with Crippen molar-refractivity contribution < 1.29 is 19.1 Å². The number of rotatable bonds is 11. The fourth-order valence-corrected chi connectivity index (χ4v) is 3.79. The van der Waals surface area contributed by atoms with Crippen molar-refractivity contribution in [2.45, 2.75) is 78.2 Å². The van der Waals surface area contributed by atoms with Crippen LogP contribution in [0.1, 0.15) is 72.1 Å². The molecule has 0 bridgehead atoms. The Morgan fingerprint density at radius 3 is 2.11 bits per heavy atom. The molecule has 0 amide bonds. The van der Waals surface area contributed by atoms with E-state index in [0.717, 1.165) is 32.1 Å². The minimum absolute atomic E-state index is 0. The van der Waals surface area contributed by atoms with Gasteiger partial charge in [0, 0.05) is 6.42 Å². The molecule has 1 fully saturated rings. The molecule has 0 radical (unpaired) electrons. The van der Waals surface area contributed by atoms with Crippen LogP contribution in [0.5, 0.6) is 0 Å². The smallest absolute Gasteiger partial charge is 0.306 e. The SMILES string of the molecule is CC(C)C[C@H](CN)CC(=O)OC(C)COC(=O)CC1(CN)CCCCC1.Cl.Cl. The number of ether oxygens (including phenoxy) is 2. The van der Waals surface area contributed by atoms with Crippen LogP contribution in [-0.4, -0.2) is 37.7 Å². The van der Waals surface area contributed by atoms with E-state index in [1.165, 1.54) is 6.42 Å². The molecule has 2 atom stereocenters. The van der Waals surface area contributed by atoms with Gasteiger partial charge in [0.25, 0.3) is 0 Å². The third-order valence-electron chi connectivity index (χ3n) is 5.27. The van der Waals surface area contributed by atoms with Gasteiger partial charge < -0.3 is 20.9 Å². The Labute approximate surface area is 182 Å². The van der Waals surface area contributed by atoms with Crippen LogP contribution in [0, 0.1) is 17.3 Å². The van der Waals surface area contributed by atoms with Gasteiger partial charge in [0.15, 0.2) is 0 Å². The number of carbonyl (C=O) groups excluding carboxylic acids is 2. The molecule has 6 nitrogen and oxygen atoms in total. The van der Waals surface area contributed by atoms with Crippen LogP contribution in [0.25, 0.3) is 0 Å². The van der Waals surface area contributed by atoms with E-state index < -0.39 is 6.10 Å². The van der Waals surface area contributed by atoms with E-state index in [1.807, 2.05) is 0 Å². The summed E-state index contributed by atoms with van der Waals surface area (Å²) in [6, 6.07) is 0. The van der Waals surface area contributed by atoms with Crippen molar-refractivity contribution in [3.05, 3.63) is 0 Å². The Morgan fingerprint density at radius 1 is 1.00 bits per heavy atom. The number of halogens is 2. The van der Waals surface area contributed by atoms with Crippen molar-refractivity contribution in [3.63, 3.8) is 0 Å². The maximum absolute atomic E-state index is 12.2. The summed E-state index contributed by atoms with van der Waals surface area (Å²) in [4.78, 5) is 24.2. The summed E-state index contributed by atoms with van der Waals surface area (Å²) in [6.07, 6.45) is 6.54. The van der Waals surface area contributed by atoms with Crippen molar-refractivity contribution in [3.8, 4) is 0 Å². The number of carbonyl (C=O) groups is 2. The molecule has 168 valence electrons. The Hall–Kier alpha value is -0.560. The first-order valence-corrected chi connectivity index (χ1v) is 10.1. The van der Waals surface area contributed by atoms with Gasteiger partial charge in [0.1, 0.15) is 12.7 Å². The zero-order valence-corrected chi connectivity index (χ0v) is 19.2. The largest absolute Gasteiger partial charge is 0.462 e. The fraction of sp³-hybridized carbons (Fsp3) is 0.900. The molecule has 0 spiro atoms. The molecule has 0 aromatic heterocycles. The van der Waals surface area contributed by atoms with E-state index >= 15 is 0 Å². The summed E-state index contributed by atoms with van der Waals surface area (Å²) >= 11 is 0. The second-order valence-corrected chi connectivity index (χ2v) is 8.36. The van der Waals surface area contributed by atoms with Crippen LogP contribution in [-0.2, 0) is 19.1 Å². The lowest BCUT2D eigenvalue weighted by atomic mass is 9.72. The monoisotopic (exact) mass is 442 g/mol. The average molecular weight is 443 g/mol. The van der Waals surface area contributed by atoms with Crippen LogP contribution in [0.4, 0.5) is 0 Å². The van der Waals surface area contributed by atoms with Gasteiger partial charge in [0.05, 0.1) is 6.42 Å². The average Bonchev–Trinajstić information content (AvgIpc) is 2.59. The second-order valence-electron chi connectivity index (χ2n) is 8.36. The van der Waals surface area contributed by atoms with E-state index in [2.05, 4.69) is 13.8 Å². The van der Waals surface area contributed by atoms with E-state index in [4.69, 9.17) is 20.9 Å². The molecule has 0 heterocycles. The quantitative estimate of drug-likeness (QED) is 0.473. The highest BCUT2D eigenvalue weighted by Gasteiger charge is 2.33. The number of esters is 2. The van der Waals surface area contributed by atoms with E-state index in [1.54, 1.807) is 6.92 Å². The Bertz CT molecular complexity index is 444. The molecule has 0 aromatic carbocycles. The predicted molar refractivity (Wildman–Crippen MR) is 117 cm³/mol. The molecule has 0 saturated heterocycles. The minimum atomic E-state index is -0.455. The first-order valence-electron chi connectivity index (χ1n) is 10.1. The summed E-state index contributed by atoms with van der Waals surface area (Å²) in [5.41, 5.74) is 11.5. The molecule has 1 aliphatic carbocycles. The highest BCUT2D eigenvalue weighted by molar-refractivity contribution is 5.85. The zero-order valence-electron chi connectivity index (χ0n) is 17.6. The van der Waals surface area contributed by atoms with Crippen LogP contribution < -0.4 is 11.5 Å². The lowest BCUT2D eigenvalue weighted by Gasteiger charge is -2.35. The van der Waals surface area contributed by atoms with Gasteiger partial charge in [0.2, 0.25) is 0 Å². The molecule has 0 aromatic rings. The van der Waals surface area contributed by atoms with Crippen molar-refractivity contribution in [1.82, 2.24) is 0 Å². The van der Waals surface area contributed by atoms with E-state index in [-0.39, 0.29) is 54.7 Å². The zero-order chi connectivity index (χ0) is 19.6. The normalized spacial score (nSPS) is 17.6. The predicted octanol–water partition coefficient (Wildman–Crippen LogP) is 3.62. The maximum atomic E-state index is 12.2. The van der Waals surface area contributed by atoms with Gasteiger partial charge in [-0.05, 0) is 56.5 Å². The summed E-state index contributed by atoms with van der Waals surface area (Å²) in [6.45, 7) is 7.03. The van der Waals surface area contributed by atoms with Crippen LogP contribution in [0.2, 0.25) is 0 Å². The third-order valence-corrected chi connectivity index (χ3v) is 5.27. The summed E-state index contributed by atoms with van der Waals surface area (Å²) < 4.78 is 10.7. The van der Waals surface area contributed by atoms with Gasteiger partial charge in [-0.1, -0.05) is 33.1 Å². The van der Waals surface area contributed by atoms with E-state index in [9.17, 15) is 9.59 Å². The molecular formula is C20H40Cl2N2O4. The van der Waals surface area contributed by atoms with Gasteiger partial charge in [-0.2, -0.15) is 0 Å². The van der Waals surface area contributed by atoms with Crippen molar-refractivity contribution >= 4 is 36.8 Å². The third kappa shape index (κ3) is 11.4. The molecule has 0 aliphatic heterocycles. The van der Waals surface area contributed by atoms with Crippen molar-refractivity contribution in [2.24, 2.45) is 28.7 Å². The summed E-state index contributed by atoms with van der Waals surface area (Å²) in [5.74, 6) is 0.0904. The lowest BCUT2D eigenvalue weighted by Crippen LogP contribution is -2.36. The summed E-state index contributed by atoms with van der Waals surface area (Å²) in [7, 11) is 0. The Kier molecular flexibility index (Phi) is 16.2. The Morgan fingerprint density at radius 2 is 1.61 bits per heavy atom.